The van der Waals surface area contributed by atoms with Crippen LogP contribution in [0.1, 0.15) is 24.8 Å². The Kier molecular flexibility index (Phi) is 3.97. The van der Waals surface area contributed by atoms with Crippen LogP contribution in [-0.2, 0) is 19.8 Å². The first-order chi connectivity index (χ1) is 12.4. The van der Waals surface area contributed by atoms with Crippen molar-refractivity contribution in [3.63, 3.8) is 0 Å². The molecule has 0 spiro atoms. The number of amides is 3. The van der Waals surface area contributed by atoms with E-state index in [1.54, 1.807) is 22.9 Å². The molecule has 26 heavy (non-hydrogen) atoms. The highest BCUT2D eigenvalue weighted by atomic mass is 19.1. The van der Waals surface area contributed by atoms with Crippen LogP contribution in [0.2, 0.25) is 0 Å². The van der Waals surface area contributed by atoms with Crippen molar-refractivity contribution >= 4 is 17.7 Å². The third-order valence-corrected chi connectivity index (χ3v) is 5.90. The molecule has 0 bridgehead atoms. The van der Waals surface area contributed by atoms with Crippen LogP contribution in [0.4, 0.5) is 4.39 Å². The Morgan fingerprint density at radius 2 is 1.96 bits per heavy atom. The van der Waals surface area contributed by atoms with Crippen molar-refractivity contribution in [2.24, 2.45) is 5.92 Å². The van der Waals surface area contributed by atoms with Crippen LogP contribution >= 0.6 is 0 Å². The topological polar surface area (TPSA) is 69.7 Å². The van der Waals surface area contributed by atoms with Gasteiger partial charge in [-0.1, -0.05) is 12.1 Å². The summed E-state index contributed by atoms with van der Waals surface area (Å²) in [7, 11) is 1.57. The highest BCUT2D eigenvalue weighted by molar-refractivity contribution is 5.93. The number of nitrogens with one attached hydrogen (secondary N) is 1. The smallest absolute Gasteiger partial charge is 0.233 e. The lowest BCUT2D eigenvalue weighted by Gasteiger charge is -2.45. The van der Waals surface area contributed by atoms with E-state index in [0.29, 0.717) is 19.6 Å². The Morgan fingerprint density at radius 1 is 1.23 bits per heavy atom. The first-order valence-corrected chi connectivity index (χ1v) is 9.01. The van der Waals surface area contributed by atoms with Gasteiger partial charge in [-0.25, -0.2) is 4.39 Å². The number of rotatable bonds is 4. The number of benzene rings is 1. The van der Waals surface area contributed by atoms with E-state index < -0.39 is 5.41 Å². The second kappa shape index (κ2) is 6.07. The molecule has 1 unspecified atom stereocenters. The van der Waals surface area contributed by atoms with E-state index in [4.69, 9.17) is 0 Å². The number of hydrogen-bond donors (Lipinski definition) is 1. The summed E-state index contributed by atoms with van der Waals surface area (Å²) in [5.41, 5.74) is 0.148. The molecule has 1 aliphatic carbocycles. The van der Waals surface area contributed by atoms with Gasteiger partial charge in [0.25, 0.3) is 0 Å². The van der Waals surface area contributed by atoms with Crippen LogP contribution in [-0.4, -0.2) is 60.2 Å². The highest BCUT2D eigenvalue weighted by Crippen LogP contribution is 2.50. The molecule has 1 atom stereocenters. The van der Waals surface area contributed by atoms with Crippen LogP contribution in [0, 0.1) is 11.7 Å². The van der Waals surface area contributed by atoms with Crippen LogP contribution in [0.5, 0.6) is 0 Å². The zero-order valence-corrected chi connectivity index (χ0v) is 14.7. The van der Waals surface area contributed by atoms with Gasteiger partial charge in [0.05, 0.1) is 17.4 Å². The first kappa shape index (κ1) is 17.0. The molecule has 2 saturated heterocycles. The van der Waals surface area contributed by atoms with Gasteiger partial charge in [0.2, 0.25) is 17.7 Å². The zero-order chi connectivity index (χ0) is 18.5. The minimum Gasteiger partial charge on any atom is -0.359 e. The Bertz CT molecular complexity index is 771. The average Bonchev–Trinajstić information content (AvgIpc) is 3.32. The summed E-state index contributed by atoms with van der Waals surface area (Å²) in [5.74, 6) is -0.753. The summed E-state index contributed by atoms with van der Waals surface area (Å²) in [6, 6.07) is 6.25. The van der Waals surface area contributed by atoms with Crippen molar-refractivity contribution in [3.8, 4) is 0 Å². The maximum absolute atomic E-state index is 13.5. The molecule has 4 rings (SSSR count). The van der Waals surface area contributed by atoms with Gasteiger partial charge in [-0.15, -0.1) is 0 Å². The molecule has 7 heteroatoms. The van der Waals surface area contributed by atoms with Gasteiger partial charge in [0.15, 0.2) is 0 Å². The Labute approximate surface area is 151 Å². The van der Waals surface area contributed by atoms with E-state index in [2.05, 4.69) is 5.32 Å². The molecule has 0 radical (unpaired) electrons. The maximum Gasteiger partial charge on any atom is 0.233 e. The molecule has 1 aromatic rings. The van der Waals surface area contributed by atoms with Crippen LogP contribution in [0.15, 0.2) is 24.3 Å². The fourth-order valence-corrected chi connectivity index (χ4v) is 4.12. The number of halogens is 1. The lowest BCUT2D eigenvalue weighted by Crippen LogP contribution is -2.63. The fourth-order valence-electron chi connectivity index (χ4n) is 4.12. The summed E-state index contributed by atoms with van der Waals surface area (Å²) < 4.78 is 13.5. The summed E-state index contributed by atoms with van der Waals surface area (Å²) in [5, 5.41) is 2.59. The summed E-state index contributed by atoms with van der Waals surface area (Å²) >= 11 is 0. The SMILES string of the molecule is CNC(=O)C1CC(=O)N(C2CN(C(=O)C3(c4cccc(F)c4)CC3)C2)C1. The predicted octanol–water partition coefficient (Wildman–Crippen LogP) is 0.663. The van der Waals surface area contributed by atoms with Crippen molar-refractivity contribution in [2.75, 3.05) is 26.7 Å². The van der Waals surface area contributed by atoms with Crippen molar-refractivity contribution in [3.05, 3.63) is 35.6 Å². The molecule has 3 amide bonds. The summed E-state index contributed by atoms with van der Waals surface area (Å²) in [4.78, 5) is 40.3. The van der Waals surface area contributed by atoms with Gasteiger partial charge in [0, 0.05) is 33.1 Å². The maximum atomic E-state index is 13.5. The predicted molar refractivity (Wildman–Crippen MR) is 91.6 cm³/mol. The number of nitrogens with zero attached hydrogens (tertiary/aromatic N) is 2. The van der Waals surface area contributed by atoms with Crippen molar-refractivity contribution in [2.45, 2.75) is 30.7 Å². The van der Waals surface area contributed by atoms with Gasteiger partial charge in [-0.05, 0) is 30.5 Å². The number of hydrogen-bond acceptors (Lipinski definition) is 3. The summed E-state index contributed by atoms with van der Waals surface area (Å²) in [6.45, 7) is 1.39. The van der Waals surface area contributed by atoms with E-state index in [1.807, 2.05) is 6.07 Å². The fraction of sp³-hybridized carbons (Fsp3) is 0.526. The average molecular weight is 359 g/mol. The first-order valence-electron chi connectivity index (χ1n) is 9.01. The molecule has 6 nitrogen and oxygen atoms in total. The molecule has 2 aliphatic heterocycles. The van der Waals surface area contributed by atoms with Crippen molar-refractivity contribution < 1.29 is 18.8 Å². The Morgan fingerprint density at radius 3 is 2.58 bits per heavy atom. The van der Waals surface area contributed by atoms with E-state index >= 15 is 0 Å². The van der Waals surface area contributed by atoms with Crippen LogP contribution < -0.4 is 5.32 Å². The minimum absolute atomic E-state index is 0.0221. The van der Waals surface area contributed by atoms with Gasteiger partial charge >= 0.3 is 0 Å². The van der Waals surface area contributed by atoms with Crippen molar-refractivity contribution in [1.82, 2.24) is 15.1 Å². The molecule has 3 aliphatic rings. The monoisotopic (exact) mass is 359 g/mol. The molecule has 0 aromatic heterocycles. The van der Waals surface area contributed by atoms with Gasteiger partial charge in [0.1, 0.15) is 5.82 Å². The molecule has 1 N–H and O–H groups in total. The van der Waals surface area contributed by atoms with Crippen molar-refractivity contribution in [1.29, 1.82) is 0 Å². The van der Waals surface area contributed by atoms with Crippen LogP contribution in [0.3, 0.4) is 0 Å². The molecule has 1 saturated carbocycles. The molecular formula is C19H22FN3O3. The zero-order valence-electron chi connectivity index (χ0n) is 14.7. The molecule has 1 aromatic carbocycles. The molecular weight excluding hydrogens is 337 g/mol. The second-order valence-corrected chi connectivity index (χ2v) is 7.52. The Hall–Kier alpha value is -2.44. The number of likely N-dealkylation sites (tertiary alicyclic amines) is 2. The minimum atomic E-state index is -0.591. The van der Waals surface area contributed by atoms with E-state index in [9.17, 15) is 18.8 Å². The third-order valence-electron chi connectivity index (χ3n) is 5.90. The normalized spacial score (nSPS) is 24.4. The molecule has 3 fully saturated rings. The molecule has 138 valence electrons. The van der Waals surface area contributed by atoms with Crippen LogP contribution in [0.25, 0.3) is 0 Å². The summed E-state index contributed by atoms with van der Waals surface area (Å²) in [6.07, 6.45) is 1.70. The van der Waals surface area contributed by atoms with Gasteiger partial charge in [-0.2, -0.15) is 0 Å². The quantitative estimate of drug-likeness (QED) is 0.859. The van der Waals surface area contributed by atoms with E-state index in [1.165, 1.54) is 12.1 Å². The third kappa shape index (κ3) is 2.66. The highest BCUT2D eigenvalue weighted by Gasteiger charge is 2.55. The van der Waals surface area contributed by atoms with E-state index in [0.717, 1.165) is 18.4 Å². The largest absolute Gasteiger partial charge is 0.359 e. The Balaban J connectivity index is 1.39. The van der Waals surface area contributed by atoms with Gasteiger partial charge < -0.3 is 15.1 Å². The lowest BCUT2D eigenvalue weighted by atomic mass is 9.92. The molecule has 2 heterocycles. The van der Waals surface area contributed by atoms with Gasteiger partial charge in [-0.3, -0.25) is 14.4 Å². The number of carbonyl (C=O) groups excluding carboxylic acids is 3. The number of carbonyl (C=O) groups is 3. The lowest BCUT2D eigenvalue weighted by molar-refractivity contribution is -0.146. The standard InChI is InChI=1S/C19H22FN3O3/c1-21-17(25)12-7-16(24)23(9-12)15-10-22(11-15)18(26)19(5-6-19)13-3-2-4-14(20)8-13/h2-4,8,12,15H,5-7,9-11H2,1H3,(H,21,25). The van der Waals surface area contributed by atoms with E-state index in [-0.39, 0.29) is 41.9 Å². The second-order valence-electron chi connectivity index (χ2n) is 7.52.